The van der Waals surface area contributed by atoms with Gasteiger partial charge in [0.05, 0.1) is 0 Å². The van der Waals surface area contributed by atoms with Crippen LogP contribution in [-0.2, 0) is 26.8 Å². The first-order valence-electron chi connectivity index (χ1n) is 13.0. The number of fused-ring (bicyclic) bond motifs is 6. The SMILES string of the molecule is COC(=O)N1CC[C@]2(N=Nc3cccc4c3N([Te](C)=O)[C@@H]3N(C(=O)OC)CC[C@]43N)c3ccccc3N([Te](C)=O)[C@H]12. The summed E-state index contributed by atoms with van der Waals surface area (Å²) in [7, 11) is 2.64. The van der Waals surface area contributed by atoms with E-state index in [1.807, 2.05) is 39.5 Å². The van der Waals surface area contributed by atoms with Crippen LogP contribution in [0, 0.1) is 0 Å². The molecule has 0 unspecified atom stereocenters. The number of ether oxygens (including phenoxy) is 2. The van der Waals surface area contributed by atoms with Crippen molar-refractivity contribution < 1.29 is 25.3 Å². The first-order chi connectivity index (χ1) is 19.6. The fourth-order valence-corrected chi connectivity index (χ4v) is 12.6. The number of benzene rings is 2. The molecule has 0 saturated carbocycles. The van der Waals surface area contributed by atoms with E-state index in [4.69, 9.17) is 25.4 Å². The number of para-hydroxylation sites is 2. The van der Waals surface area contributed by atoms with E-state index >= 15 is 0 Å². The summed E-state index contributed by atoms with van der Waals surface area (Å²) in [6, 6.07) is 13.1. The summed E-state index contributed by atoms with van der Waals surface area (Å²) in [4.78, 5) is 32.0. The Balaban J connectivity index is 1.50. The van der Waals surface area contributed by atoms with Gasteiger partial charge in [0.2, 0.25) is 0 Å². The fraction of sp³-hybridized carbons (Fsp3) is 0.462. The van der Waals surface area contributed by atoms with E-state index < -0.39 is 75.2 Å². The maximum absolute atomic E-state index is 13.4. The molecule has 2 fully saturated rings. The van der Waals surface area contributed by atoms with Crippen LogP contribution in [-0.4, -0.2) is 101 Å². The molecular weight excluding hydrogens is 762 g/mol. The number of methoxy groups -OCH3 is 2. The van der Waals surface area contributed by atoms with E-state index in [-0.39, 0.29) is 0 Å². The molecule has 0 aromatic heterocycles. The zero-order chi connectivity index (χ0) is 29.3. The van der Waals surface area contributed by atoms with Crippen LogP contribution in [0.15, 0.2) is 52.7 Å². The van der Waals surface area contributed by atoms with E-state index in [1.165, 1.54) is 19.1 Å². The normalized spacial score (nSPS) is 28.0. The molecule has 2 N–H and O–H groups in total. The number of azo groups is 1. The van der Waals surface area contributed by atoms with Crippen molar-refractivity contribution in [2.24, 2.45) is 16.0 Å². The van der Waals surface area contributed by atoms with Gasteiger partial charge >= 0.3 is 253 Å². The van der Waals surface area contributed by atoms with E-state index in [9.17, 15) is 15.8 Å². The van der Waals surface area contributed by atoms with Crippen LogP contribution in [0.25, 0.3) is 0 Å². The van der Waals surface area contributed by atoms with Gasteiger partial charge in [0.1, 0.15) is 0 Å². The average molecular weight is 793 g/mol. The summed E-state index contributed by atoms with van der Waals surface area (Å²) in [5, 5.41) is 9.73. The number of nitrogens with zero attached hydrogens (tertiary/aromatic N) is 6. The standard InChI is InChI=1S/C26H31N7O6Te2/c1-38-23(34)30-14-12-25(27)17-9-7-10-18(20(17)33(21(25)30)41(4)37)28-29-26-13-15-31(24(35)39-2)22(26)32(40(3)36)19-11-6-5-8-16(19)26/h5-11,21-22H,12-15,27H2,1-4H3/t21-,22-,25-,26-/m0/s1. The topological polar surface area (TPSA) is 150 Å². The zero-order valence-electron chi connectivity index (χ0n) is 23.1. The van der Waals surface area contributed by atoms with Crippen molar-refractivity contribution in [2.75, 3.05) is 33.6 Å². The Labute approximate surface area is 251 Å². The van der Waals surface area contributed by atoms with Gasteiger partial charge in [0, 0.05) is 0 Å². The average Bonchev–Trinajstić information content (AvgIpc) is 3.65. The van der Waals surface area contributed by atoms with Crippen molar-refractivity contribution in [3.63, 3.8) is 0 Å². The van der Waals surface area contributed by atoms with Crippen molar-refractivity contribution in [1.29, 1.82) is 0 Å². The van der Waals surface area contributed by atoms with Gasteiger partial charge < -0.3 is 0 Å². The molecule has 0 spiro atoms. The summed E-state index contributed by atoms with van der Waals surface area (Å²) in [5.74, 6) is 0. The second-order valence-electron chi connectivity index (χ2n) is 10.4. The molecule has 2 saturated heterocycles. The van der Waals surface area contributed by atoms with Crippen LogP contribution < -0.4 is 12.0 Å². The third kappa shape index (κ3) is 3.97. The van der Waals surface area contributed by atoms with Crippen molar-refractivity contribution in [1.82, 2.24) is 9.80 Å². The third-order valence-electron chi connectivity index (χ3n) is 8.48. The first kappa shape index (κ1) is 28.4. The van der Waals surface area contributed by atoms with Crippen molar-refractivity contribution in [2.45, 2.75) is 46.2 Å². The number of anilines is 2. The summed E-state index contributed by atoms with van der Waals surface area (Å²) in [5.41, 5.74) is 8.45. The number of carbonyl (C=O) groups excluding carboxylic acids is 2. The number of rotatable bonds is 4. The second kappa shape index (κ2) is 10.2. The van der Waals surface area contributed by atoms with Crippen LogP contribution in [0.3, 0.4) is 0 Å². The Hall–Kier alpha value is -2.68. The molecule has 4 atom stereocenters. The molecule has 2 aromatic rings. The summed E-state index contributed by atoms with van der Waals surface area (Å²) < 4.78 is 40.2. The molecule has 13 nitrogen and oxygen atoms in total. The first-order valence-corrected chi connectivity index (χ1v) is 21.6. The predicted molar refractivity (Wildman–Crippen MR) is 150 cm³/mol. The Morgan fingerprint density at radius 2 is 1.49 bits per heavy atom. The maximum atomic E-state index is 13.4. The van der Waals surface area contributed by atoms with Crippen molar-refractivity contribution in [3.05, 3.63) is 53.6 Å². The molecule has 4 heterocycles. The van der Waals surface area contributed by atoms with Gasteiger partial charge in [-0.3, -0.25) is 0 Å². The van der Waals surface area contributed by atoms with Crippen LogP contribution in [0.2, 0.25) is 9.94 Å². The van der Waals surface area contributed by atoms with Crippen LogP contribution in [0.5, 0.6) is 0 Å². The number of hydrogen-bond donors (Lipinski definition) is 1. The molecule has 41 heavy (non-hydrogen) atoms. The molecule has 218 valence electrons. The van der Waals surface area contributed by atoms with Crippen molar-refractivity contribution in [3.8, 4) is 0 Å². The van der Waals surface area contributed by atoms with E-state index in [0.717, 1.165) is 16.8 Å². The van der Waals surface area contributed by atoms with Gasteiger partial charge in [0.15, 0.2) is 0 Å². The number of amides is 2. The number of carbonyl (C=O) groups is 2. The van der Waals surface area contributed by atoms with Gasteiger partial charge in [-0.2, -0.15) is 0 Å². The quantitative estimate of drug-likeness (QED) is 0.364. The Morgan fingerprint density at radius 3 is 2.15 bits per heavy atom. The molecule has 0 bridgehead atoms. The molecule has 6 rings (SSSR count). The van der Waals surface area contributed by atoms with Crippen LogP contribution >= 0.6 is 0 Å². The summed E-state index contributed by atoms with van der Waals surface area (Å²) in [6.07, 6.45) is -1.46. The van der Waals surface area contributed by atoms with E-state index in [1.54, 1.807) is 24.1 Å². The molecule has 2 amide bonds. The molecule has 4 aliphatic rings. The van der Waals surface area contributed by atoms with Crippen LogP contribution in [0.4, 0.5) is 26.7 Å². The molecule has 2 aromatic carbocycles. The minimum absolute atomic E-state index is 0.348. The Morgan fingerprint density at radius 1 is 0.878 bits per heavy atom. The van der Waals surface area contributed by atoms with Gasteiger partial charge in [-0.25, -0.2) is 0 Å². The molecule has 0 radical (unpaired) electrons. The van der Waals surface area contributed by atoms with Crippen LogP contribution in [0.1, 0.15) is 24.0 Å². The summed E-state index contributed by atoms with van der Waals surface area (Å²) in [6.45, 7) is 0.723. The predicted octanol–water partition coefficient (Wildman–Crippen LogP) is 3.15. The molecular formula is C26H31N7O6Te2. The third-order valence-corrected chi connectivity index (χ3v) is 13.9. The number of hydrogen-bond acceptors (Lipinski definition) is 9. The van der Waals surface area contributed by atoms with Gasteiger partial charge in [-0.15, -0.1) is 0 Å². The summed E-state index contributed by atoms with van der Waals surface area (Å²) >= 11 is -6.27. The van der Waals surface area contributed by atoms with E-state index in [2.05, 4.69) is 0 Å². The van der Waals surface area contributed by atoms with Gasteiger partial charge in [0.25, 0.3) is 0 Å². The fourth-order valence-electron chi connectivity index (χ4n) is 6.81. The monoisotopic (exact) mass is 797 g/mol. The van der Waals surface area contributed by atoms with Gasteiger partial charge in [-0.1, -0.05) is 0 Å². The number of likely N-dealkylation sites (tertiary alicyclic amines) is 2. The molecule has 0 aliphatic carbocycles. The zero-order valence-corrected chi connectivity index (χ0v) is 27.7. The Kier molecular flexibility index (Phi) is 7.11. The second-order valence-corrected chi connectivity index (χ2v) is 17.5. The van der Waals surface area contributed by atoms with Gasteiger partial charge in [-0.05, 0) is 0 Å². The minimum atomic E-state index is -3.19. The van der Waals surface area contributed by atoms with E-state index in [0.29, 0.717) is 37.3 Å². The number of nitrogens with two attached hydrogens (primary N) is 1. The molecule has 15 heteroatoms. The molecule has 4 aliphatic heterocycles. The van der Waals surface area contributed by atoms with Crippen molar-refractivity contribution >= 4 is 68.9 Å². The Bertz CT molecular complexity index is 1520.